The van der Waals surface area contributed by atoms with Gasteiger partial charge in [0, 0.05) is 47.6 Å². The molecule has 0 bridgehead atoms. The molecule has 0 saturated carbocycles. The Bertz CT molecular complexity index is 1780. The van der Waals surface area contributed by atoms with E-state index in [0.717, 1.165) is 112 Å². The minimum absolute atomic E-state index is 0.0500. The number of thiophene rings is 1. The number of nitriles is 1. The highest BCUT2D eigenvalue weighted by atomic mass is 32.1. The number of aryl methyl sites for hydroxylation is 1. The van der Waals surface area contributed by atoms with Gasteiger partial charge in [-0.2, -0.15) is 10.2 Å². The van der Waals surface area contributed by atoms with Gasteiger partial charge >= 0.3 is 0 Å². The molecule has 4 aliphatic heterocycles. The molecule has 3 aromatic heterocycles. The van der Waals surface area contributed by atoms with E-state index in [9.17, 15) is 5.26 Å². The number of ether oxygens (including phenoxy) is 3. The highest BCUT2D eigenvalue weighted by Gasteiger charge is 2.51. The number of nitrogens with zero attached hydrogens (tertiary/aromatic N) is 6. The molecule has 12 heteroatoms. The summed E-state index contributed by atoms with van der Waals surface area (Å²) in [6.07, 6.45) is 8.73. The quantitative estimate of drug-likeness (QED) is 0.403. The van der Waals surface area contributed by atoms with Crippen LogP contribution in [0.4, 0.5) is 5.00 Å². The molecule has 48 heavy (non-hydrogen) atoms. The van der Waals surface area contributed by atoms with Crippen LogP contribution in [0, 0.1) is 11.3 Å². The molecule has 3 aromatic rings. The van der Waals surface area contributed by atoms with Crippen LogP contribution in [-0.2, 0) is 39.7 Å². The van der Waals surface area contributed by atoms with E-state index in [1.807, 2.05) is 0 Å². The fourth-order valence-corrected chi connectivity index (χ4v) is 10.9. The Balaban J connectivity index is 1.18. The van der Waals surface area contributed by atoms with E-state index in [-0.39, 0.29) is 16.9 Å². The summed E-state index contributed by atoms with van der Waals surface area (Å²) in [5.74, 6) is 1.83. The normalized spacial score (nSPS) is 31.0. The van der Waals surface area contributed by atoms with Crippen molar-refractivity contribution in [1.82, 2.24) is 24.9 Å². The lowest BCUT2D eigenvalue weighted by Crippen LogP contribution is -2.56. The number of likely N-dealkylation sites (N-methyl/N-ethyl adjacent to an activating group) is 1. The van der Waals surface area contributed by atoms with Gasteiger partial charge in [0.2, 0.25) is 17.5 Å². The van der Waals surface area contributed by atoms with Gasteiger partial charge in [0.25, 0.3) is 0 Å². The molecule has 3 saturated heterocycles. The SMILES string of the molecule is C[C@H](Oc1nc(-c2onc3c2CCC[C@@]32CCCc3sc(N)c(C#N)c32)nc2c1CN(C1COC1)C[C@]21CCOC1)[C@@H]1CC[C@H](C)N1C. The lowest BCUT2D eigenvalue weighted by atomic mass is 9.62. The number of hydrogen-bond acceptors (Lipinski definition) is 12. The predicted molar refractivity (Wildman–Crippen MR) is 180 cm³/mol. The maximum absolute atomic E-state index is 10.2. The van der Waals surface area contributed by atoms with Crippen molar-refractivity contribution >= 4 is 16.3 Å². The molecule has 2 aliphatic carbocycles. The molecular weight excluding hydrogens is 627 g/mol. The predicted octanol–water partition coefficient (Wildman–Crippen LogP) is 4.73. The smallest absolute Gasteiger partial charge is 0.222 e. The molecule has 7 heterocycles. The second-order valence-corrected chi connectivity index (χ2v) is 16.4. The molecule has 9 rings (SSSR count). The number of rotatable bonds is 5. The lowest BCUT2D eigenvalue weighted by Gasteiger charge is -2.46. The summed E-state index contributed by atoms with van der Waals surface area (Å²) in [5.41, 5.74) is 11.6. The Morgan fingerprint density at radius 3 is 2.62 bits per heavy atom. The molecular formula is C36H45N7O4S. The molecule has 11 nitrogen and oxygen atoms in total. The summed E-state index contributed by atoms with van der Waals surface area (Å²) in [7, 11) is 2.21. The molecule has 2 N–H and O–H groups in total. The molecule has 6 aliphatic rings. The third-order valence-corrected chi connectivity index (χ3v) is 13.7. The number of fused-ring (bicyclic) bond motifs is 6. The summed E-state index contributed by atoms with van der Waals surface area (Å²) < 4.78 is 25.1. The zero-order chi connectivity index (χ0) is 32.8. The zero-order valence-electron chi connectivity index (χ0n) is 28.2. The van der Waals surface area contributed by atoms with Gasteiger partial charge in [-0.15, -0.1) is 11.3 Å². The average molecular weight is 672 g/mol. The van der Waals surface area contributed by atoms with Crippen LogP contribution in [0.3, 0.4) is 0 Å². The van der Waals surface area contributed by atoms with Crippen molar-refractivity contribution in [3.05, 3.63) is 38.5 Å². The summed E-state index contributed by atoms with van der Waals surface area (Å²) in [5, 5.41) is 15.6. The van der Waals surface area contributed by atoms with Crippen molar-refractivity contribution in [2.24, 2.45) is 0 Å². The van der Waals surface area contributed by atoms with Crippen molar-refractivity contribution in [2.75, 3.05) is 45.8 Å². The summed E-state index contributed by atoms with van der Waals surface area (Å²) >= 11 is 1.57. The van der Waals surface area contributed by atoms with E-state index < -0.39 is 0 Å². The number of anilines is 1. The maximum atomic E-state index is 10.2. The minimum Gasteiger partial charge on any atom is -0.473 e. The van der Waals surface area contributed by atoms with Gasteiger partial charge < -0.3 is 24.5 Å². The van der Waals surface area contributed by atoms with Gasteiger partial charge in [-0.05, 0) is 84.2 Å². The fraction of sp³-hybridized carbons (Fsp3) is 0.667. The van der Waals surface area contributed by atoms with Gasteiger partial charge in [0.15, 0.2) is 0 Å². The van der Waals surface area contributed by atoms with Gasteiger partial charge in [-0.3, -0.25) is 9.80 Å². The van der Waals surface area contributed by atoms with Gasteiger partial charge in [-0.25, -0.2) is 4.98 Å². The van der Waals surface area contributed by atoms with Crippen LogP contribution in [0.2, 0.25) is 0 Å². The van der Waals surface area contributed by atoms with Crippen molar-refractivity contribution in [1.29, 1.82) is 5.26 Å². The van der Waals surface area contributed by atoms with Crippen LogP contribution >= 0.6 is 11.3 Å². The van der Waals surface area contributed by atoms with E-state index in [2.05, 4.69) is 36.8 Å². The summed E-state index contributed by atoms with van der Waals surface area (Å²) in [6, 6.07) is 3.65. The fourth-order valence-electron chi connectivity index (χ4n) is 9.78. The van der Waals surface area contributed by atoms with Crippen LogP contribution in [0.5, 0.6) is 5.88 Å². The van der Waals surface area contributed by atoms with Crippen molar-refractivity contribution in [2.45, 2.75) is 113 Å². The Labute approximate surface area is 285 Å². The molecule has 3 fully saturated rings. The highest BCUT2D eigenvalue weighted by molar-refractivity contribution is 7.16. The Morgan fingerprint density at radius 2 is 1.92 bits per heavy atom. The largest absolute Gasteiger partial charge is 0.473 e. The molecule has 0 aromatic carbocycles. The van der Waals surface area contributed by atoms with E-state index >= 15 is 0 Å². The maximum Gasteiger partial charge on any atom is 0.222 e. The van der Waals surface area contributed by atoms with Crippen LogP contribution in [-0.4, -0.2) is 89.2 Å². The first-order chi connectivity index (χ1) is 23.3. The second kappa shape index (κ2) is 11.5. The standard InChI is InChI=1S/C36H45N7O4S/c1-20-8-9-26(42(20)3)21(2)46-34-25-15-43(22-16-45-17-22)18-35(12-13-44-19-35)30(25)39-33(40-34)29-23-6-4-10-36(31(23)41-47-29)11-5-7-27-28(36)24(14-37)32(38)48-27/h20-22,26H,4-13,15-19,38H2,1-3H3/t20-,21-,26-,35-,36-/m0/s1. The number of nitrogen functional groups attached to an aromatic ring is 1. The number of likely N-dealkylation sites (tertiary alicyclic amines) is 1. The highest BCUT2D eigenvalue weighted by Crippen LogP contribution is 2.55. The van der Waals surface area contributed by atoms with Gasteiger partial charge in [0.05, 0.1) is 53.8 Å². The first-order valence-electron chi connectivity index (χ1n) is 17.8. The van der Waals surface area contributed by atoms with Gasteiger partial charge in [0.1, 0.15) is 17.2 Å². The van der Waals surface area contributed by atoms with E-state index in [1.165, 1.54) is 4.88 Å². The summed E-state index contributed by atoms with van der Waals surface area (Å²) in [4.78, 5) is 16.8. The first kappa shape index (κ1) is 30.9. The molecule has 5 atom stereocenters. The Kier molecular flexibility index (Phi) is 7.41. The second-order valence-electron chi connectivity index (χ2n) is 15.2. The van der Waals surface area contributed by atoms with Crippen molar-refractivity contribution in [3.8, 4) is 23.5 Å². The van der Waals surface area contributed by atoms with Crippen LogP contribution < -0.4 is 10.5 Å². The van der Waals surface area contributed by atoms with Crippen LogP contribution in [0.25, 0.3) is 11.6 Å². The molecule has 254 valence electrons. The third kappa shape index (κ3) is 4.54. The van der Waals surface area contributed by atoms with Crippen molar-refractivity contribution < 1.29 is 18.7 Å². The Hall–Kier alpha value is -3.08. The first-order valence-corrected chi connectivity index (χ1v) is 18.6. The van der Waals surface area contributed by atoms with E-state index in [1.54, 1.807) is 11.3 Å². The number of nitrogens with two attached hydrogens (primary N) is 1. The zero-order valence-corrected chi connectivity index (χ0v) is 29.0. The Morgan fingerprint density at radius 1 is 1.08 bits per heavy atom. The molecule has 0 amide bonds. The van der Waals surface area contributed by atoms with Crippen LogP contribution in [0.15, 0.2) is 4.52 Å². The molecule has 0 radical (unpaired) electrons. The third-order valence-electron chi connectivity index (χ3n) is 12.6. The monoisotopic (exact) mass is 671 g/mol. The van der Waals surface area contributed by atoms with E-state index in [4.69, 9.17) is 39.6 Å². The minimum atomic E-state index is -0.375. The lowest BCUT2D eigenvalue weighted by molar-refractivity contribution is -0.0792. The molecule has 2 spiro atoms. The topological polar surface area (TPSA) is 136 Å². The van der Waals surface area contributed by atoms with Gasteiger partial charge in [-0.1, -0.05) is 5.16 Å². The number of aromatic nitrogens is 3. The number of hydrogen-bond donors (Lipinski definition) is 1. The van der Waals surface area contributed by atoms with Crippen LogP contribution in [0.1, 0.15) is 97.3 Å². The average Bonchev–Trinajstić information content (AvgIpc) is 3.84. The van der Waals surface area contributed by atoms with E-state index in [0.29, 0.717) is 59.4 Å². The summed E-state index contributed by atoms with van der Waals surface area (Å²) in [6.45, 7) is 8.90. The molecule has 0 unspecified atom stereocenters. The van der Waals surface area contributed by atoms with Crippen molar-refractivity contribution in [3.63, 3.8) is 0 Å².